The van der Waals surface area contributed by atoms with Gasteiger partial charge in [-0.2, -0.15) is 0 Å². The number of anilines is 1. The number of aromatic amines is 1. The van der Waals surface area contributed by atoms with Crippen LogP contribution in [0.5, 0.6) is 0 Å². The molecule has 0 saturated carbocycles. The van der Waals surface area contributed by atoms with Gasteiger partial charge in [-0.05, 0) is 24.3 Å². The number of nitrogens with one attached hydrogen (secondary N) is 2. The average molecular weight is 379 g/mol. The number of sulfone groups is 1. The molecule has 0 aliphatic carbocycles. The number of pyridine rings is 1. The highest BCUT2D eigenvalue weighted by atomic mass is 35.5. The molecule has 0 bridgehead atoms. The third-order valence-electron chi connectivity index (χ3n) is 4.26. The van der Waals surface area contributed by atoms with Crippen molar-refractivity contribution in [1.29, 1.82) is 0 Å². The number of H-pyrrole nitrogens is 1. The van der Waals surface area contributed by atoms with Gasteiger partial charge < -0.3 is 15.2 Å². The molecule has 132 valence electrons. The van der Waals surface area contributed by atoms with E-state index in [9.17, 15) is 8.42 Å². The van der Waals surface area contributed by atoms with Crippen molar-refractivity contribution in [2.45, 2.75) is 9.92 Å². The predicted molar refractivity (Wildman–Crippen MR) is 100 cm³/mol. The number of piperazine rings is 1. The number of hydrogen-bond acceptors (Lipinski definition) is 5. The number of rotatable bonds is 3. The number of nitrogens with zero attached hydrogens (tertiary/aromatic N) is 2. The molecule has 6 nitrogen and oxygen atoms in total. The van der Waals surface area contributed by atoms with Crippen molar-refractivity contribution >= 4 is 39.0 Å². The lowest BCUT2D eigenvalue weighted by molar-refractivity contribution is 0.586. The summed E-state index contributed by atoms with van der Waals surface area (Å²) in [5.74, 6) is 0.833. The van der Waals surface area contributed by atoms with Crippen LogP contribution >= 0.6 is 12.4 Å². The molecule has 25 heavy (non-hydrogen) atoms. The SMILES string of the molecule is Cl.O=S(=O)(c1ccccc1)c1cc2c(N3CCNCC3)nccc2[nH]1. The molecule has 0 unspecified atom stereocenters. The molecule has 4 rings (SSSR count). The van der Waals surface area contributed by atoms with Crippen LogP contribution in [-0.4, -0.2) is 44.6 Å². The summed E-state index contributed by atoms with van der Waals surface area (Å²) in [6.07, 6.45) is 1.72. The average Bonchev–Trinajstić information content (AvgIpc) is 3.08. The van der Waals surface area contributed by atoms with E-state index in [4.69, 9.17) is 0 Å². The first kappa shape index (κ1) is 17.7. The lowest BCUT2D eigenvalue weighted by atomic mass is 10.2. The minimum absolute atomic E-state index is 0. The largest absolute Gasteiger partial charge is 0.354 e. The second-order valence-corrected chi connectivity index (χ2v) is 7.70. The summed E-state index contributed by atoms with van der Waals surface area (Å²) in [5, 5.41) is 4.35. The fourth-order valence-electron chi connectivity index (χ4n) is 3.01. The van der Waals surface area contributed by atoms with Crippen molar-refractivity contribution in [3.63, 3.8) is 0 Å². The first-order chi connectivity index (χ1) is 11.7. The number of halogens is 1. The lowest BCUT2D eigenvalue weighted by Crippen LogP contribution is -2.43. The molecule has 0 amide bonds. The molecule has 2 aromatic heterocycles. The Morgan fingerprint density at radius 3 is 2.48 bits per heavy atom. The van der Waals surface area contributed by atoms with Crippen molar-refractivity contribution < 1.29 is 8.42 Å². The third kappa shape index (κ3) is 3.22. The Labute approximate surface area is 152 Å². The molecule has 1 aromatic carbocycles. The van der Waals surface area contributed by atoms with Crippen molar-refractivity contribution in [2.24, 2.45) is 0 Å². The Bertz CT molecular complexity index is 967. The van der Waals surface area contributed by atoms with Gasteiger partial charge in [-0.1, -0.05) is 18.2 Å². The maximum absolute atomic E-state index is 12.8. The van der Waals surface area contributed by atoms with Crippen LogP contribution in [0.15, 0.2) is 58.6 Å². The number of aromatic nitrogens is 2. The molecular weight excluding hydrogens is 360 g/mol. The van der Waals surface area contributed by atoms with Gasteiger partial charge in [-0.15, -0.1) is 12.4 Å². The normalized spacial score (nSPS) is 15.1. The van der Waals surface area contributed by atoms with E-state index in [-0.39, 0.29) is 22.3 Å². The summed E-state index contributed by atoms with van der Waals surface area (Å²) in [7, 11) is -3.56. The van der Waals surface area contributed by atoms with Crippen LogP contribution in [0, 0.1) is 0 Å². The van der Waals surface area contributed by atoms with Gasteiger partial charge in [-0.25, -0.2) is 13.4 Å². The molecule has 0 radical (unpaired) electrons. The molecule has 3 aromatic rings. The Balaban J connectivity index is 0.00000182. The summed E-state index contributed by atoms with van der Waals surface area (Å²) >= 11 is 0. The number of benzene rings is 1. The molecule has 2 N–H and O–H groups in total. The van der Waals surface area contributed by atoms with E-state index in [2.05, 4.69) is 20.2 Å². The van der Waals surface area contributed by atoms with Gasteiger partial charge in [0.2, 0.25) is 9.84 Å². The summed E-state index contributed by atoms with van der Waals surface area (Å²) in [4.78, 5) is 10.00. The van der Waals surface area contributed by atoms with Gasteiger partial charge in [-0.3, -0.25) is 0 Å². The molecule has 3 heterocycles. The van der Waals surface area contributed by atoms with E-state index in [0.29, 0.717) is 0 Å². The Morgan fingerprint density at radius 1 is 1.04 bits per heavy atom. The maximum atomic E-state index is 12.8. The van der Waals surface area contributed by atoms with Crippen LogP contribution < -0.4 is 10.2 Å². The van der Waals surface area contributed by atoms with Crippen LogP contribution in [0.2, 0.25) is 0 Å². The second kappa shape index (κ2) is 7.03. The molecule has 0 atom stereocenters. The van der Waals surface area contributed by atoms with Crippen molar-refractivity contribution in [3.8, 4) is 0 Å². The summed E-state index contributed by atoms with van der Waals surface area (Å²) in [6, 6.07) is 12.0. The first-order valence-corrected chi connectivity index (χ1v) is 9.38. The summed E-state index contributed by atoms with van der Waals surface area (Å²) in [6.45, 7) is 3.52. The summed E-state index contributed by atoms with van der Waals surface area (Å²) in [5.41, 5.74) is 0.785. The van der Waals surface area contributed by atoms with Crippen molar-refractivity contribution in [3.05, 3.63) is 48.7 Å². The van der Waals surface area contributed by atoms with Crippen LogP contribution in [0.1, 0.15) is 0 Å². The highest BCUT2D eigenvalue weighted by molar-refractivity contribution is 7.91. The van der Waals surface area contributed by atoms with Gasteiger partial charge in [0.05, 0.1) is 10.4 Å². The topological polar surface area (TPSA) is 78.1 Å². The standard InChI is InChI=1S/C17H18N4O2S.ClH/c22-24(23,13-4-2-1-3-5-13)16-12-14-15(20-16)6-7-19-17(14)21-10-8-18-9-11-21;/h1-7,12,18,20H,8-11H2;1H. The summed E-state index contributed by atoms with van der Waals surface area (Å²) < 4.78 is 25.6. The zero-order valence-corrected chi connectivity index (χ0v) is 15.1. The number of fused-ring (bicyclic) bond motifs is 1. The fourth-order valence-corrected chi connectivity index (χ4v) is 4.30. The van der Waals surface area contributed by atoms with Crippen LogP contribution in [-0.2, 0) is 9.84 Å². The van der Waals surface area contributed by atoms with Gasteiger partial charge in [0.25, 0.3) is 0 Å². The quantitative estimate of drug-likeness (QED) is 0.730. The van der Waals surface area contributed by atoms with Crippen molar-refractivity contribution in [2.75, 3.05) is 31.1 Å². The van der Waals surface area contributed by atoms with Gasteiger partial charge in [0, 0.05) is 37.8 Å². The minimum Gasteiger partial charge on any atom is -0.354 e. The van der Waals surface area contributed by atoms with Crippen LogP contribution in [0.4, 0.5) is 5.82 Å². The Hall–Kier alpha value is -2.09. The van der Waals surface area contributed by atoms with E-state index >= 15 is 0 Å². The Morgan fingerprint density at radius 2 is 1.76 bits per heavy atom. The molecule has 1 saturated heterocycles. The molecule has 1 aliphatic heterocycles. The predicted octanol–water partition coefficient (Wildman–Crippen LogP) is 2.23. The number of hydrogen-bond donors (Lipinski definition) is 2. The monoisotopic (exact) mass is 378 g/mol. The third-order valence-corrected chi connectivity index (χ3v) is 5.95. The van der Waals surface area contributed by atoms with Crippen LogP contribution in [0.25, 0.3) is 10.9 Å². The van der Waals surface area contributed by atoms with E-state index in [0.717, 1.165) is 42.9 Å². The van der Waals surface area contributed by atoms with Crippen molar-refractivity contribution in [1.82, 2.24) is 15.3 Å². The van der Waals surface area contributed by atoms with E-state index < -0.39 is 9.84 Å². The zero-order chi connectivity index (χ0) is 16.6. The van der Waals surface area contributed by atoms with Gasteiger partial charge in [0.15, 0.2) is 0 Å². The van der Waals surface area contributed by atoms with Crippen LogP contribution in [0.3, 0.4) is 0 Å². The van der Waals surface area contributed by atoms with E-state index in [1.54, 1.807) is 42.6 Å². The first-order valence-electron chi connectivity index (χ1n) is 7.90. The van der Waals surface area contributed by atoms with Gasteiger partial charge in [0.1, 0.15) is 10.8 Å². The minimum atomic E-state index is -3.56. The maximum Gasteiger partial charge on any atom is 0.221 e. The van der Waals surface area contributed by atoms with E-state index in [1.165, 1.54) is 0 Å². The molecule has 1 aliphatic rings. The van der Waals surface area contributed by atoms with Gasteiger partial charge >= 0.3 is 0 Å². The molecule has 1 fully saturated rings. The Kier molecular flexibility index (Phi) is 4.99. The highest BCUT2D eigenvalue weighted by Gasteiger charge is 2.22. The fraction of sp³-hybridized carbons (Fsp3) is 0.235. The second-order valence-electron chi connectivity index (χ2n) is 5.78. The highest BCUT2D eigenvalue weighted by Crippen LogP contribution is 2.29. The zero-order valence-electron chi connectivity index (χ0n) is 13.5. The molecule has 8 heteroatoms. The van der Waals surface area contributed by atoms with E-state index in [1.807, 2.05) is 6.07 Å². The molecular formula is C17H19ClN4O2S. The smallest absolute Gasteiger partial charge is 0.221 e. The molecule has 0 spiro atoms. The lowest BCUT2D eigenvalue weighted by Gasteiger charge is -2.28.